The summed E-state index contributed by atoms with van der Waals surface area (Å²) in [7, 11) is 1.73. The summed E-state index contributed by atoms with van der Waals surface area (Å²) in [6.45, 7) is 3.91. The molecule has 1 fully saturated rings. The summed E-state index contributed by atoms with van der Waals surface area (Å²) in [6, 6.07) is 6.87. The number of carbonyl (C=O) groups is 1. The first kappa shape index (κ1) is 17.5. The van der Waals surface area contributed by atoms with Gasteiger partial charge in [-0.15, -0.1) is 0 Å². The van der Waals surface area contributed by atoms with Crippen molar-refractivity contribution in [1.82, 2.24) is 14.9 Å². The quantitative estimate of drug-likeness (QED) is 0.833. The van der Waals surface area contributed by atoms with E-state index >= 15 is 0 Å². The van der Waals surface area contributed by atoms with Crippen LogP contribution in [0.25, 0.3) is 11.3 Å². The lowest BCUT2D eigenvalue weighted by Crippen LogP contribution is -2.25. The van der Waals surface area contributed by atoms with Gasteiger partial charge in [0.05, 0.1) is 29.8 Å². The molecule has 0 spiro atoms. The van der Waals surface area contributed by atoms with Crippen molar-refractivity contribution in [2.45, 2.75) is 12.8 Å². The molecule has 1 N–H and O–H groups in total. The lowest BCUT2D eigenvalue weighted by molar-refractivity contribution is 0.0697. The number of rotatable bonds is 7. The Morgan fingerprint density at radius 1 is 1.32 bits per heavy atom. The molecule has 2 aromatic rings. The van der Waals surface area contributed by atoms with Gasteiger partial charge in [0, 0.05) is 32.0 Å². The zero-order valence-electron chi connectivity index (χ0n) is 14.4. The molecule has 132 valence electrons. The van der Waals surface area contributed by atoms with Gasteiger partial charge in [-0.05, 0) is 31.4 Å². The minimum absolute atomic E-state index is 0.245. The first-order chi connectivity index (χ1) is 12.2. The predicted molar refractivity (Wildman–Crippen MR) is 94.6 cm³/mol. The van der Waals surface area contributed by atoms with E-state index in [1.54, 1.807) is 37.7 Å². The second-order valence-corrected chi connectivity index (χ2v) is 6.40. The van der Waals surface area contributed by atoms with Crippen molar-refractivity contribution in [2.24, 2.45) is 5.92 Å². The van der Waals surface area contributed by atoms with Crippen LogP contribution in [-0.4, -0.2) is 59.3 Å². The van der Waals surface area contributed by atoms with Gasteiger partial charge >= 0.3 is 5.97 Å². The number of likely N-dealkylation sites (tertiary alicyclic amines) is 1. The van der Waals surface area contributed by atoms with Crippen LogP contribution >= 0.6 is 0 Å². The molecule has 3 rings (SSSR count). The van der Waals surface area contributed by atoms with E-state index in [9.17, 15) is 9.90 Å². The van der Waals surface area contributed by atoms with Crippen molar-refractivity contribution in [2.75, 3.05) is 33.4 Å². The van der Waals surface area contributed by atoms with Crippen molar-refractivity contribution in [3.05, 3.63) is 47.9 Å². The molecular weight excluding hydrogens is 318 g/mol. The van der Waals surface area contributed by atoms with Crippen LogP contribution in [0.3, 0.4) is 0 Å². The van der Waals surface area contributed by atoms with Gasteiger partial charge in [0.25, 0.3) is 0 Å². The fourth-order valence-corrected chi connectivity index (χ4v) is 3.29. The number of hydrogen-bond acceptors (Lipinski definition) is 5. The van der Waals surface area contributed by atoms with E-state index in [4.69, 9.17) is 4.74 Å². The lowest BCUT2D eigenvalue weighted by atomic mass is 10.0. The Kier molecular flexibility index (Phi) is 5.73. The van der Waals surface area contributed by atoms with E-state index in [0.29, 0.717) is 17.2 Å². The van der Waals surface area contributed by atoms with Crippen LogP contribution in [0.5, 0.6) is 0 Å². The maximum atomic E-state index is 11.3. The average Bonchev–Trinajstić information content (AvgIpc) is 3.08. The van der Waals surface area contributed by atoms with Gasteiger partial charge in [0.15, 0.2) is 0 Å². The summed E-state index contributed by atoms with van der Waals surface area (Å²) in [5.74, 6) is -0.369. The molecule has 0 aliphatic carbocycles. The summed E-state index contributed by atoms with van der Waals surface area (Å²) >= 11 is 0. The van der Waals surface area contributed by atoms with Crippen LogP contribution < -0.4 is 0 Å². The summed E-state index contributed by atoms with van der Waals surface area (Å²) in [4.78, 5) is 22.7. The molecule has 25 heavy (non-hydrogen) atoms. The summed E-state index contributed by atoms with van der Waals surface area (Å²) < 4.78 is 5.13. The van der Waals surface area contributed by atoms with Crippen LogP contribution in [0, 0.1) is 5.92 Å². The van der Waals surface area contributed by atoms with E-state index in [1.807, 2.05) is 6.07 Å². The van der Waals surface area contributed by atoms with Crippen LogP contribution in [0.2, 0.25) is 0 Å². The molecule has 0 bridgehead atoms. The molecule has 0 amide bonds. The molecule has 0 saturated carbocycles. The number of benzene rings is 1. The molecule has 1 saturated heterocycles. The highest BCUT2D eigenvalue weighted by Crippen LogP contribution is 2.23. The Morgan fingerprint density at radius 3 is 2.88 bits per heavy atom. The largest absolute Gasteiger partial charge is 0.478 e. The molecule has 6 heteroatoms. The second-order valence-electron chi connectivity index (χ2n) is 6.40. The van der Waals surface area contributed by atoms with Crippen molar-refractivity contribution >= 4 is 5.97 Å². The lowest BCUT2D eigenvalue weighted by Gasteiger charge is -2.15. The fourth-order valence-electron chi connectivity index (χ4n) is 3.29. The molecule has 1 atom stereocenters. The molecule has 1 aromatic carbocycles. The van der Waals surface area contributed by atoms with E-state index < -0.39 is 5.97 Å². The zero-order chi connectivity index (χ0) is 17.6. The Bertz CT molecular complexity index is 718. The minimum atomic E-state index is -0.955. The monoisotopic (exact) mass is 341 g/mol. The standard InChI is InChI=1S/C19H23N3O3/c1-25-9-8-22-7-6-14(13-22)10-15-11-21-18(12-20-15)16-4-2-3-5-17(16)19(23)24/h2-5,11-12,14H,6-10,13H2,1H3,(H,23,24). The van der Waals surface area contributed by atoms with Crippen LogP contribution in [-0.2, 0) is 11.2 Å². The van der Waals surface area contributed by atoms with E-state index in [2.05, 4.69) is 14.9 Å². The summed E-state index contributed by atoms with van der Waals surface area (Å²) in [5.41, 5.74) is 2.39. The minimum Gasteiger partial charge on any atom is -0.478 e. The molecular formula is C19H23N3O3. The van der Waals surface area contributed by atoms with Crippen molar-refractivity contribution < 1.29 is 14.6 Å². The Morgan fingerprint density at radius 2 is 2.16 bits per heavy atom. The van der Waals surface area contributed by atoms with Gasteiger partial charge in [-0.25, -0.2) is 4.79 Å². The third kappa shape index (κ3) is 4.41. The summed E-state index contributed by atoms with van der Waals surface area (Å²) in [5, 5.41) is 9.30. The number of nitrogens with zero attached hydrogens (tertiary/aromatic N) is 3. The van der Waals surface area contributed by atoms with Crippen LogP contribution in [0.1, 0.15) is 22.5 Å². The first-order valence-corrected chi connectivity index (χ1v) is 8.52. The van der Waals surface area contributed by atoms with Gasteiger partial charge in [0.1, 0.15) is 0 Å². The number of ether oxygens (including phenoxy) is 1. The van der Waals surface area contributed by atoms with Gasteiger partial charge in [-0.2, -0.15) is 0 Å². The molecule has 1 aliphatic rings. The van der Waals surface area contributed by atoms with E-state index in [1.165, 1.54) is 0 Å². The SMILES string of the molecule is COCCN1CCC(Cc2cnc(-c3ccccc3C(=O)O)cn2)C1. The third-order valence-electron chi connectivity index (χ3n) is 4.62. The van der Waals surface area contributed by atoms with Crippen LogP contribution in [0.15, 0.2) is 36.7 Å². The number of carboxylic acids is 1. The van der Waals surface area contributed by atoms with Crippen molar-refractivity contribution in [3.63, 3.8) is 0 Å². The highest BCUT2D eigenvalue weighted by atomic mass is 16.5. The second kappa shape index (κ2) is 8.18. The van der Waals surface area contributed by atoms with Gasteiger partial charge < -0.3 is 14.7 Å². The third-order valence-corrected chi connectivity index (χ3v) is 4.62. The smallest absolute Gasteiger partial charge is 0.336 e. The molecule has 6 nitrogen and oxygen atoms in total. The topological polar surface area (TPSA) is 75.5 Å². The highest BCUT2D eigenvalue weighted by molar-refractivity contribution is 5.95. The van der Waals surface area contributed by atoms with Crippen LogP contribution in [0.4, 0.5) is 0 Å². The highest BCUT2D eigenvalue weighted by Gasteiger charge is 2.22. The number of aromatic nitrogens is 2. The maximum Gasteiger partial charge on any atom is 0.336 e. The molecule has 0 radical (unpaired) electrons. The maximum absolute atomic E-state index is 11.3. The Balaban J connectivity index is 1.65. The van der Waals surface area contributed by atoms with Gasteiger partial charge in [-0.1, -0.05) is 18.2 Å². The average molecular weight is 341 g/mol. The Hall–Kier alpha value is -2.31. The molecule has 1 aromatic heterocycles. The fraction of sp³-hybridized carbons (Fsp3) is 0.421. The molecule has 2 heterocycles. The Labute approximate surface area is 147 Å². The number of aromatic carboxylic acids is 1. The summed E-state index contributed by atoms with van der Waals surface area (Å²) in [6.07, 6.45) is 5.51. The first-order valence-electron chi connectivity index (χ1n) is 8.52. The number of hydrogen-bond donors (Lipinski definition) is 1. The molecule has 1 unspecified atom stereocenters. The number of methoxy groups -OCH3 is 1. The van der Waals surface area contributed by atoms with Crippen molar-refractivity contribution in [3.8, 4) is 11.3 Å². The predicted octanol–water partition coefficient (Wildman–Crippen LogP) is 2.35. The number of carboxylic acid groups (broad SMARTS) is 1. The van der Waals surface area contributed by atoms with E-state index in [-0.39, 0.29) is 5.56 Å². The zero-order valence-corrected chi connectivity index (χ0v) is 14.4. The van der Waals surface area contributed by atoms with E-state index in [0.717, 1.165) is 44.8 Å². The van der Waals surface area contributed by atoms with Gasteiger partial charge in [-0.3, -0.25) is 9.97 Å². The van der Waals surface area contributed by atoms with Gasteiger partial charge in [0.2, 0.25) is 0 Å². The normalized spacial score (nSPS) is 17.7. The van der Waals surface area contributed by atoms with Crippen molar-refractivity contribution in [1.29, 1.82) is 0 Å². The molecule has 1 aliphatic heterocycles.